The Morgan fingerprint density at radius 2 is 0.600 bits per heavy atom. The minimum Gasteiger partial charge on any atom is -0.162 e. The zero-order valence-corrected chi connectivity index (χ0v) is 11.6. The molecule has 0 unspecified atom stereocenters. The van der Waals surface area contributed by atoms with Crippen LogP contribution in [-0.4, -0.2) is 23.0 Å². The van der Waals surface area contributed by atoms with Gasteiger partial charge in [-0.3, -0.25) is 0 Å². The van der Waals surface area contributed by atoms with E-state index in [1.807, 2.05) is 0 Å². The highest BCUT2D eigenvalue weighted by Crippen LogP contribution is 2.15. The number of hydrogen-bond acceptors (Lipinski definition) is 2. The van der Waals surface area contributed by atoms with Crippen molar-refractivity contribution in [1.29, 1.82) is 0 Å². The molecule has 0 N–H and O–H groups in total. The highest BCUT2D eigenvalue weighted by Gasteiger charge is 1.96. The molecule has 0 nitrogen and oxygen atoms in total. The van der Waals surface area contributed by atoms with Gasteiger partial charge >= 0.3 is 0 Å². The molecule has 0 aromatic carbocycles. The van der Waals surface area contributed by atoms with Crippen LogP contribution in [0, 0.1) is 0 Å². The molecule has 0 aliphatic carbocycles. The second-order valence-electron chi connectivity index (χ2n) is 4.41. The quantitative estimate of drug-likeness (QED) is 0.591. The Balaban J connectivity index is 2.01. The second kappa shape index (κ2) is 11.2. The van der Waals surface area contributed by atoms with Gasteiger partial charge in [0.1, 0.15) is 0 Å². The maximum atomic E-state index is 2.18. The van der Waals surface area contributed by atoms with Crippen LogP contribution in [0.3, 0.4) is 0 Å². The van der Waals surface area contributed by atoms with E-state index in [9.17, 15) is 0 Å². The van der Waals surface area contributed by atoms with Crippen LogP contribution in [0.2, 0.25) is 0 Å². The van der Waals surface area contributed by atoms with Gasteiger partial charge in [0.15, 0.2) is 0 Å². The van der Waals surface area contributed by atoms with E-state index in [4.69, 9.17) is 0 Å². The molecule has 0 aromatic heterocycles. The smallest absolute Gasteiger partial charge is 0.00675 e. The van der Waals surface area contributed by atoms with E-state index in [1.165, 1.54) is 80.8 Å². The number of thioether (sulfide) groups is 2. The predicted octanol–water partition coefficient (Wildman–Crippen LogP) is 4.98. The van der Waals surface area contributed by atoms with E-state index >= 15 is 0 Å². The van der Waals surface area contributed by atoms with Crippen LogP contribution in [0.4, 0.5) is 0 Å². The molecule has 1 saturated heterocycles. The third-order valence-corrected chi connectivity index (χ3v) is 5.21. The van der Waals surface area contributed by atoms with Gasteiger partial charge in [-0.25, -0.2) is 0 Å². The van der Waals surface area contributed by atoms with Crippen LogP contribution in [0.25, 0.3) is 0 Å². The van der Waals surface area contributed by atoms with Gasteiger partial charge in [-0.05, 0) is 48.7 Å². The molecule has 0 bridgehead atoms. The first kappa shape index (κ1) is 13.8. The van der Waals surface area contributed by atoms with Crippen LogP contribution >= 0.6 is 23.5 Å². The second-order valence-corrected chi connectivity index (χ2v) is 6.86. The lowest BCUT2D eigenvalue weighted by molar-refractivity contribution is 0.629. The SMILES string of the molecule is C1CCCCSCCCCCSCCC1. The fourth-order valence-corrected chi connectivity index (χ4v) is 3.95. The Morgan fingerprint density at radius 1 is 0.333 bits per heavy atom. The highest BCUT2D eigenvalue weighted by molar-refractivity contribution is 7.99. The molecular formula is C13H26S2. The summed E-state index contributed by atoms with van der Waals surface area (Å²) < 4.78 is 0. The summed E-state index contributed by atoms with van der Waals surface area (Å²) in [7, 11) is 0. The molecule has 0 amide bonds. The molecule has 0 atom stereocenters. The Kier molecular flexibility index (Phi) is 10.3. The van der Waals surface area contributed by atoms with E-state index in [0.29, 0.717) is 0 Å². The predicted molar refractivity (Wildman–Crippen MR) is 76.2 cm³/mol. The van der Waals surface area contributed by atoms with E-state index in [0.717, 1.165) is 0 Å². The van der Waals surface area contributed by atoms with E-state index in [2.05, 4.69) is 23.5 Å². The molecule has 1 aliphatic heterocycles. The normalized spacial score (nSPS) is 24.0. The molecule has 0 spiro atoms. The number of rotatable bonds is 0. The fraction of sp³-hybridized carbons (Fsp3) is 1.00. The molecule has 1 heterocycles. The summed E-state index contributed by atoms with van der Waals surface area (Å²) in [4.78, 5) is 0. The van der Waals surface area contributed by atoms with Crippen LogP contribution in [0.5, 0.6) is 0 Å². The van der Waals surface area contributed by atoms with Gasteiger partial charge in [-0.1, -0.05) is 32.1 Å². The molecular weight excluding hydrogens is 220 g/mol. The molecule has 1 aliphatic rings. The van der Waals surface area contributed by atoms with Gasteiger partial charge in [0.25, 0.3) is 0 Å². The fourth-order valence-electron chi connectivity index (χ4n) is 1.90. The average molecular weight is 246 g/mol. The molecule has 0 radical (unpaired) electrons. The standard InChI is InChI=1S/C13H26S2/c1-2-4-7-11-15-13-9-5-8-12-14-10-6-3-1/h1-13H2. The topological polar surface area (TPSA) is 0 Å². The zero-order chi connectivity index (χ0) is 10.6. The summed E-state index contributed by atoms with van der Waals surface area (Å²) in [5, 5.41) is 0. The lowest BCUT2D eigenvalue weighted by atomic mass is 10.1. The summed E-state index contributed by atoms with van der Waals surface area (Å²) in [6, 6.07) is 0. The van der Waals surface area contributed by atoms with Crippen molar-refractivity contribution in [2.24, 2.45) is 0 Å². The van der Waals surface area contributed by atoms with E-state index < -0.39 is 0 Å². The molecule has 1 rings (SSSR count). The Labute approximate surface area is 104 Å². The van der Waals surface area contributed by atoms with Crippen molar-refractivity contribution in [2.45, 2.75) is 57.8 Å². The largest absolute Gasteiger partial charge is 0.162 e. The van der Waals surface area contributed by atoms with Crippen LogP contribution < -0.4 is 0 Å². The maximum absolute atomic E-state index is 2.18. The molecule has 90 valence electrons. The van der Waals surface area contributed by atoms with E-state index in [-0.39, 0.29) is 0 Å². The summed E-state index contributed by atoms with van der Waals surface area (Å²) in [5.41, 5.74) is 0. The van der Waals surface area contributed by atoms with Crippen molar-refractivity contribution in [2.75, 3.05) is 23.0 Å². The van der Waals surface area contributed by atoms with Gasteiger partial charge in [-0.15, -0.1) is 0 Å². The Bertz CT molecular complexity index is 67.1. The van der Waals surface area contributed by atoms with Gasteiger partial charge in [0.05, 0.1) is 0 Å². The van der Waals surface area contributed by atoms with Crippen molar-refractivity contribution < 1.29 is 0 Å². The van der Waals surface area contributed by atoms with Crippen LogP contribution in [-0.2, 0) is 0 Å². The summed E-state index contributed by atoms with van der Waals surface area (Å²) >= 11 is 4.36. The molecule has 1 fully saturated rings. The summed E-state index contributed by atoms with van der Waals surface area (Å²) in [6.45, 7) is 0. The highest BCUT2D eigenvalue weighted by atomic mass is 32.2. The van der Waals surface area contributed by atoms with E-state index in [1.54, 1.807) is 0 Å². The third kappa shape index (κ3) is 9.62. The third-order valence-electron chi connectivity index (χ3n) is 2.90. The average Bonchev–Trinajstić information content (AvgIpc) is 2.27. The van der Waals surface area contributed by atoms with Gasteiger partial charge in [0.2, 0.25) is 0 Å². The van der Waals surface area contributed by atoms with Crippen molar-refractivity contribution in [3.05, 3.63) is 0 Å². The lowest BCUT2D eigenvalue weighted by Gasteiger charge is -2.01. The van der Waals surface area contributed by atoms with Crippen molar-refractivity contribution >= 4 is 23.5 Å². The minimum absolute atomic E-state index is 1.41. The molecule has 0 aromatic rings. The van der Waals surface area contributed by atoms with Crippen molar-refractivity contribution in [3.8, 4) is 0 Å². The first-order valence-corrected chi connectivity index (χ1v) is 8.96. The van der Waals surface area contributed by atoms with Crippen molar-refractivity contribution in [1.82, 2.24) is 0 Å². The Hall–Kier alpha value is 0.700. The monoisotopic (exact) mass is 246 g/mol. The van der Waals surface area contributed by atoms with Gasteiger partial charge in [0, 0.05) is 0 Å². The summed E-state index contributed by atoms with van der Waals surface area (Å²) in [5.74, 6) is 5.64. The molecule has 15 heavy (non-hydrogen) atoms. The zero-order valence-electron chi connectivity index (χ0n) is 10.0. The molecule has 2 heteroatoms. The minimum atomic E-state index is 1.41. The maximum Gasteiger partial charge on any atom is -0.00675 e. The van der Waals surface area contributed by atoms with Gasteiger partial charge in [-0.2, -0.15) is 23.5 Å². The van der Waals surface area contributed by atoms with Crippen LogP contribution in [0.1, 0.15) is 57.8 Å². The molecule has 0 saturated carbocycles. The Morgan fingerprint density at radius 3 is 1.00 bits per heavy atom. The van der Waals surface area contributed by atoms with Gasteiger partial charge < -0.3 is 0 Å². The number of hydrogen-bond donors (Lipinski definition) is 0. The summed E-state index contributed by atoms with van der Waals surface area (Å²) in [6.07, 6.45) is 13.2. The first-order chi connectivity index (χ1) is 7.50. The first-order valence-electron chi connectivity index (χ1n) is 6.65. The lowest BCUT2D eigenvalue weighted by Crippen LogP contribution is -1.87. The van der Waals surface area contributed by atoms with Crippen molar-refractivity contribution in [3.63, 3.8) is 0 Å². The van der Waals surface area contributed by atoms with Crippen LogP contribution in [0.15, 0.2) is 0 Å².